The number of nitrogens with zero attached hydrogens (tertiary/aromatic N) is 1. The third-order valence-electron chi connectivity index (χ3n) is 8.17. The molecule has 11 heteroatoms. The zero-order chi connectivity index (χ0) is 28.5. The summed E-state index contributed by atoms with van der Waals surface area (Å²) in [5.41, 5.74) is 9.16. The molecule has 3 aliphatic rings. The number of benzene rings is 2. The fraction of sp³-hybridized carbons (Fsp3) is 0.321. The number of aliphatic hydroxyl groups is 3. The van der Waals surface area contributed by atoms with Gasteiger partial charge in [-0.1, -0.05) is 12.1 Å². The molecule has 0 saturated heterocycles. The zero-order valence-corrected chi connectivity index (χ0v) is 21.2. The minimum Gasteiger partial charge on any atom is -0.508 e. The first-order chi connectivity index (χ1) is 18.3. The summed E-state index contributed by atoms with van der Waals surface area (Å²) in [7, 11) is 3.07. The van der Waals surface area contributed by atoms with E-state index in [2.05, 4.69) is 0 Å². The zero-order valence-electron chi connectivity index (χ0n) is 21.2. The average Bonchev–Trinajstić information content (AvgIpc) is 2.86. The molecule has 0 spiro atoms. The first-order valence-corrected chi connectivity index (χ1v) is 12.3. The van der Waals surface area contributed by atoms with Crippen molar-refractivity contribution in [3.63, 3.8) is 0 Å². The number of ketones is 2. The van der Waals surface area contributed by atoms with Crippen LogP contribution < -0.4 is 11.5 Å². The molecule has 2 aromatic carbocycles. The van der Waals surface area contributed by atoms with Gasteiger partial charge in [-0.05, 0) is 67.7 Å². The van der Waals surface area contributed by atoms with E-state index in [1.165, 1.54) is 31.1 Å². The van der Waals surface area contributed by atoms with Crippen molar-refractivity contribution >= 4 is 23.2 Å². The second-order valence-electron chi connectivity index (χ2n) is 10.5. The molecule has 2 aromatic rings. The van der Waals surface area contributed by atoms with Gasteiger partial charge in [-0.15, -0.1) is 0 Å². The summed E-state index contributed by atoms with van der Waals surface area (Å²) < 4.78 is 13.7. The summed E-state index contributed by atoms with van der Waals surface area (Å²) in [6, 6.07) is 6.09. The smallest absolute Gasteiger partial charge is 0.255 e. The number of phenols is 1. The molecular formula is C28H28FN3O7. The molecule has 0 radical (unpaired) electrons. The van der Waals surface area contributed by atoms with E-state index in [0.717, 1.165) is 0 Å². The standard InChI is InChI=1S/C28H28FN3O7/c1-32(2)21-17-9-12-7-16-15(11-3-5-14(29)6-4-11)8-13(10-30)22(33)19(16)23(34)18(12)25(36)28(17,39)26(37)20(24(21)35)27(31)38/h3-6,8,12,17,21,33-34,37,39H,7,9-10,30H2,1-2H3,(H2,31,38)/t12-,17-,21-,28-/m1/s1. The van der Waals surface area contributed by atoms with Gasteiger partial charge in [0.1, 0.15) is 28.7 Å². The highest BCUT2D eigenvalue weighted by molar-refractivity contribution is 6.24. The Hall–Kier alpha value is -4.06. The van der Waals surface area contributed by atoms with Crippen molar-refractivity contribution in [2.45, 2.75) is 31.0 Å². The van der Waals surface area contributed by atoms with Gasteiger partial charge < -0.3 is 31.9 Å². The van der Waals surface area contributed by atoms with Crippen LogP contribution in [0.25, 0.3) is 16.9 Å². The second-order valence-corrected chi connectivity index (χ2v) is 10.5. The third-order valence-corrected chi connectivity index (χ3v) is 8.17. The number of primary amides is 1. The van der Waals surface area contributed by atoms with Gasteiger partial charge in [0, 0.05) is 23.6 Å². The number of halogens is 1. The van der Waals surface area contributed by atoms with Crippen molar-refractivity contribution in [2.24, 2.45) is 23.3 Å². The Morgan fingerprint density at radius 3 is 2.36 bits per heavy atom. The van der Waals surface area contributed by atoms with Crippen molar-refractivity contribution in [3.05, 3.63) is 69.7 Å². The molecule has 5 rings (SSSR count). The van der Waals surface area contributed by atoms with Crippen LogP contribution in [-0.4, -0.2) is 68.5 Å². The van der Waals surface area contributed by atoms with E-state index in [0.29, 0.717) is 16.7 Å². The highest BCUT2D eigenvalue weighted by Gasteiger charge is 2.64. The molecule has 0 heterocycles. The van der Waals surface area contributed by atoms with E-state index >= 15 is 0 Å². The van der Waals surface area contributed by atoms with Gasteiger partial charge in [0.2, 0.25) is 5.78 Å². The SMILES string of the molecule is CN(C)[C@H]1C(=O)C(C(N)=O)=C(O)[C@]2(O)C(=O)C3=C(O)c4c(O)c(CN)cc(-c5ccc(F)cc5)c4C[C@@H]3C[C@H]12. The number of hydrogen-bond donors (Lipinski definition) is 6. The number of aromatic hydroxyl groups is 1. The predicted molar refractivity (Wildman–Crippen MR) is 138 cm³/mol. The first-order valence-electron chi connectivity index (χ1n) is 12.3. The number of phenolic OH excluding ortho intramolecular Hbond substituents is 1. The minimum atomic E-state index is -2.72. The van der Waals surface area contributed by atoms with Crippen LogP contribution in [0.5, 0.6) is 5.75 Å². The lowest BCUT2D eigenvalue weighted by Gasteiger charge is -2.50. The molecule has 10 nitrogen and oxygen atoms in total. The monoisotopic (exact) mass is 537 g/mol. The number of rotatable bonds is 4. The van der Waals surface area contributed by atoms with Gasteiger partial charge in [-0.25, -0.2) is 4.39 Å². The van der Waals surface area contributed by atoms with Crippen molar-refractivity contribution in [1.82, 2.24) is 4.90 Å². The summed E-state index contributed by atoms with van der Waals surface area (Å²) in [6.07, 6.45) is 0.0771. The number of aliphatic hydroxyl groups excluding tert-OH is 2. The lowest BCUT2D eigenvalue weighted by atomic mass is 9.57. The molecule has 1 fully saturated rings. The molecular weight excluding hydrogens is 509 g/mol. The molecule has 39 heavy (non-hydrogen) atoms. The summed E-state index contributed by atoms with van der Waals surface area (Å²) in [5, 5.41) is 45.1. The number of carbonyl (C=O) groups excluding carboxylic acids is 3. The molecule has 0 unspecified atom stereocenters. The molecule has 3 aliphatic carbocycles. The van der Waals surface area contributed by atoms with Crippen molar-refractivity contribution in [3.8, 4) is 16.9 Å². The number of likely N-dealkylation sites (N-methyl/N-ethyl adjacent to an activating group) is 1. The molecule has 0 bridgehead atoms. The second kappa shape index (κ2) is 9.01. The average molecular weight is 538 g/mol. The van der Waals surface area contributed by atoms with E-state index in [1.807, 2.05) is 0 Å². The van der Waals surface area contributed by atoms with Gasteiger partial charge in [0.25, 0.3) is 5.91 Å². The molecule has 204 valence electrons. The summed E-state index contributed by atoms with van der Waals surface area (Å²) >= 11 is 0. The molecule has 0 aromatic heterocycles. The van der Waals surface area contributed by atoms with Gasteiger partial charge in [0.15, 0.2) is 11.4 Å². The molecule has 0 aliphatic heterocycles. The van der Waals surface area contributed by atoms with Crippen molar-refractivity contribution < 1.29 is 39.2 Å². The van der Waals surface area contributed by atoms with E-state index < -0.39 is 63.9 Å². The maximum absolute atomic E-state index is 14.0. The number of hydrogen-bond acceptors (Lipinski definition) is 9. The van der Waals surface area contributed by atoms with Crippen LogP contribution in [0.4, 0.5) is 4.39 Å². The largest absolute Gasteiger partial charge is 0.508 e. The Morgan fingerprint density at radius 1 is 1.15 bits per heavy atom. The normalized spacial score (nSPS) is 26.5. The highest BCUT2D eigenvalue weighted by Crippen LogP contribution is 2.54. The Labute approximate surface area is 222 Å². The Morgan fingerprint density at radius 2 is 1.79 bits per heavy atom. The van der Waals surface area contributed by atoms with Crippen LogP contribution >= 0.6 is 0 Å². The lowest BCUT2D eigenvalue weighted by Crippen LogP contribution is -2.65. The van der Waals surface area contributed by atoms with Gasteiger partial charge in [-0.2, -0.15) is 0 Å². The van der Waals surface area contributed by atoms with Crippen LogP contribution in [0.15, 0.2) is 47.2 Å². The molecule has 8 N–H and O–H groups in total. The molecule has 1 saturated carbocycles. The Kier molecular flexibility index (Phi) is 6.13. The summed E-state index contributed by atoms with van der Waals surface area (Å²) in [4.78, 5) is 40.7. The van der Waals surface area contributed by atoms with Crippen LogP contribution in [0.3, 0.4) is 0 Å². The van der Waals surface area contributed by atoms with Crippen LogP contribution in [0, 0.1) is 17.7 Å². The van der Waals surface area contributed by atoms with Crippen LogP contribution in [-0.2, 0) is 27.3 Å². The molecule has 4 atom stereocenters. The van der Waals surface area contributed by atoms with Gasteiger partial charge in [-0.3, -0.25) is 19.3 Å². The summed E-state index contributed by atoms with van der Waals surface area (Å²) in [6.45, 7) is -0.114. The predicted octanol–water partition coefficient (Wildman–Crippen LogP) is 1.23. The van der Waals surface area contributed by atoms with Crippen LogP contribution in [0.2, 0.25) is 0 Å². The van der Waals surface area contributed by atoms with E-state index in [1.54, 1.807) is 18.2 Å². The van der Waals surface area contributed by atoms with E-state index in [9.17, 15) is 39.2 Å². The number of Topliss-reactive ketones (excluding diaryl/α,β-unsaturated/α-hetero) is 2. The lowest BCUT2D eigenvalue weighted by molar-refractivity contribution is -0.153. The Balaban J connectivity index is 1.77. The quantitative estimate of drug-likeness (QED) is 0.312. The van der Waals surface area contributed by atoms with E-state index in [-0.39, 0.29) is 41.8 Å². The van der Waals surface area contributed by atoms with Crippen molar-refractivity contribution in [2.75, 3.05) is 14.1 Å². The van der Waals surface area contributed by atoms with Crippen LogP contribution in [0.1, 0.15) is 23.1 Å². The third kappa shape index (κ3) is 3.61. The van der Waals surface area contributed by atoms with Crippen molar-refractivity contribution in [1.29, 1.82) is 0 Å². The first kappa shape index (κ1) is 26.5. The topological polar surface area (TPSA) is 187 Å². The number of nitrogens with two attached hydrogens (primary N) is 2. The Bertz CT molecular complexity index is 1510. The van der Waals surface area contributed by atoms with E-state index in [4.69, 9.17) is 11.5 Å². The minimum absolute atomic E-state index is 0.0337. The maximum Gasteiger partial charge on any atom is 0.255 e. The van der Waals surface area contributed by atoms with Gasteiger partial charge in [0.05, 0.1) is 11.6 Å². The number of carbonyl (C=O) groups is 3. The fourth-order valence-corrected chi connectivity index (χ4v) is 6.41. The highest BCUT2D eigenvalue weighted by atomic mass is 19.1. The number of amides is 1. The van der Waals surface area contributed by atoms with Gasteiger partial charge >= 0.3 is 0 Å². The summed E-state index contributed by atoms with van der Waals surface area (Å²) in [5.74, 6) is -7.68. The number of fused-ring (bicyclic) bond motifs is 3. The molecule has 1 amide bonds. The maximum atomic E-state index is 14.0. The fourth-order valence-electron chi connectivity index (χ4n) is 6.41.